The van der Waals surface area contributed by atoms with Crippen molar-refractivity contribution in [2.75, 3.05) is 5.32 Å². The first kappa shape index (κ1) is 11.9. The van der Waals surface area contributed by atoms with Crippen LogP contribution in [0.2, 0.25) is 5.02 Å². The SMILES string of the molecule is CCn1cc(NCc2cccc(Cl)c2F)cn1. The van der Waals surface area contributed by atoms with Crippen molar-refractivity contribution in [1.82, 2.24) is 9.78 Å². The Morgan fingerprint density at radius 2 is 2.29 bits per heavy atom. The second kappa shape index (κ2) is 5.19. The van der Waals surface area contributed by atoms with E-state index in [2.05, 4.69) is 10.4 Å². The molecule has 5 heteroatoms. The van der Waals surface area contributed by atoms with Crippen LogP contribution in [0.1, 0.15) is 12.5 Å². The Balaban J connectivity index is 2.04. The van der Waals surface area contributed by atoms with E-state index in [1.165, 1.54) is 6.07 Å². The molecule has 0 saturated carbocycles. The van der Waals surface area contributed by atoms with Crippen LogP contribution < -0.4 is 5.32 Å². The molecule has 90 valence electrons. The van der Waals surface area contributed by atoms with Crippen LogP contribution in [-0.4, -0.2) is 9.78 Å². The van der Waals surface area contributed by atoms with Crippen LogP contribution in [0.25, 0.3) is 0 Å². The van der Waals surface area contributed by atoms with Crippen molar-refractivity contribution < 1.29 is 4.39 Å². The van der Waals surface area contributed by atoms with Crippen LogP contribution in [-0.2, 0) is 13.1 Å². The lowest BCUT2D eigenvalue weighted by atomic mass is 10.2. The molecule has 0 bridgehead atoms. The van der Waals surface area contributed by atoms with Gasteiger partial charge in [0.15, 0.2) is 0 Å². The predicted octanol–water partition coefficient (Wildman–Crippen LogP) is 3.31. The van der Waals surface area contributed by atoms with Gasteiger partial charge in [0.05, 0.1) is 16.9 Å². The van der Waals surface area contributed by atoms with E-state index in [9.17, 15) is 4.39 Å². The summed E-state index contributed by atoms with van der Waals surface area (Å²) < 4.78 is 15.4. The largest absolute Gasteiger partial charge is 0.378 e. The molecule has 0 atom stereocenters. The number of aromatic nitrogens is 2. The third-order valence-electron chi connectivity index (χ3n) is 2.47. The van der Waals surface area contributed by atoms with Gasteiger partial charge in [-0.3, -0.25) is 4.68 Å². The Kier molecular flexibility index (Phi) is 3.64. The molecule has 0 radical (unpaired) electrons. The number of nitrogens with zero attached hydrogens (tertiary/aromatic N) is 2. The highest BCUT2D eigenvalue weighted by Gasteiger charge is 2.06. The minimum absolute atomic E-state index is 0.147. The van der Waals surface area contributed by atoms with E-state index in [1.54, 1.807) is 23.0 Å². The molecule has 1 N–H and O–H groups in total. The van der Waals surface area contributed by atoms with E-state index in [-0.39, 0.29) is 10.8 Å². The van der Waals surface area contributed by atoms with Crippen molar-refractivity contribution in [3.05, 3.63) is 47.0 Å². The third-order valence-corrected chi connectivity index (χ3v) is 2.76. The third kappa shape index (κ3) is 2.77. The molecule has 3 nitrogen and oxygen atoms in total. The van der Waals surface area contributed by atoms with E-state index in [1.807, 2.05) is 13.1 Å². The van der Waals surface area contributed by atoms with Gasteiger partial charge in [0.1, 0.15) is 5.82 Å². The molecule has 17 heavy (non-hydrogen) atoms. The van der Waals surface area contributed by atoms with Crippen molar-refractivity contribution in [3.8, 4) is 0 Å². The number of anilines is 1. The summed E-state index contributed by atoms with van der Waals surface area (Å²) in [7, 11) is 0. The van der Waals surface area contributed by atoms with Gasteiger partial charge in [-0.25, -0.2) is 4.39 Å². The Labute approximate surface area is 104 Å². The number of hydrogen-bond donors (Lipinski definition) is 1. The Morgan fingerprint density at radius 3 is 3.00 bits per heavy atom. The number of halogens is 2. The first-order valence-corrected chi connectivity index (χ1v) is 5.77. The van der Waals surface area contributed by atoms with Gasteiger partial charge in [0, 0.05) is 24.8 Å². The summed E-state index contributed by atoms with van der Waals surface area (Å²) in [5.41, 5.74) is 1.41. The zero-order valence-corrected chi connectivity index (χ0v) is 10.2. The molecule has 1 aromatic heterocycles. The average molecular weight is 254 g/mol. The molecular weight excluding hydrogens is 241 g/mol. The van der Waals surface area contributed by atoms with Crippen LogP contribution in [0.3, 0.4) is 0 Å². The molecular formula is C12H13ClFN3. The minimum atomic E-state index is -0.371. The van der Waals surface area contributed by atoms with Gasteiger partial charge in [-0.2, -0.15) is 5.10 Å². The maximum absolute atomic E-state index is 13.6. The quantitative estimate of drug-likeness (QED) is 0.906. The van der Waals surface area contributed by atoms with Crippen LogP contribution >= 0.6 is 11.6 Å². The number of hydrogen-bond acceptors (Lipinski definition) is 2. The molecule has 2 aromatic rings. The summed E-state index contributed by atoms with van der Waals surface area (Å²) >= 11 is 5.70. The Hall–Kier alpha value is -1.55. The zero-order chi connectivity index (χ0) is 12.3. The highest BCUT2D eigenvalue weighted by atomic mass is 35.5. The summed E-state index contributed by atoms with van der Waals surface area (Å²) in [6, 6.07) is 4.98. The minimum Gasteiger partial charge on any atom is -0.378 e. The molecule has 0 aliphatic heterocycles. The van der Waals surface area contributed by atoms with E-state index in [4.69, 9.17) is 11.6 Å². The lowest BCUT2D eigenvalue weighted by Crippen LogP contribution is -2.01. The van der Waals surface area contributed by atoms with Gasteiger partial charge >= 0.3 is 0 Å². The molecule has 2 rings (SSSR count). The average Bonchev–Trinajstić information content (AvgIpc) is 2.79. The molecule has 0 amide bonds. The molecule has 1 aromatic carbocycles. The fourth-order valence-corrected chi connectivity index (χ4v) is 1.70. The topological polar surface area (TPSA) is 29.9 Å². The monoisotopic (exact) mass is 253 g/mol. The number of rotatable bonds is 4. The Bertz CT molecular complexity index is 510. The number of benzene rings is 1. The van der Waals surface area contributed by atoms with E-state index < -0.39 is 0 Å². The van der Waals surface area contributed by atoms with Crippen molar-refractivity contribution in [2.45, 2.75) is 20.0 Å². The van der Waals surface area contributed by atoms with Crippen molar-refractivity contribution in [1.29, 1.82) is 0 Å². The fraction of sp³-hybridized carbons (Fsp3) is 0.250. The first-order chi connectivity index (χ1) is 8.20. The van der Waals surface area contributed by atoms with Gasteiger partial charge in [-0.1, -0.05) is 23.7 Å². The molecule has 0 aliphatic rings. The first-order valence-electron chi connectivity index (χ1n) is 5.40. The van der Waals surface area contributed by atoms with Crippen molar-refractivity contribution in [2.24, 2.45) is 0 Å². The molecule has 0 saturated heterocycles. The van der Waals surface area contributed by atoms with Crippen molar-refractivity contribution in [3.63, 3.8) is 0 Å². The second-order valence-electron chi connectivity index (χ2n) is 3.65. The number of aryl methyl sites for hydroxylation is 1. The van der Waals surface area contributed by atoms with Crippen LogP contribution in [0.15, 0.2) is 30.6 Å². The van der Waals surface area contributed by atoms with Crippen LogP contribution in [0.5, 0.6) is 0 Å². The van der Waals surface area contributed by atoms with E-state index in [0.717, 1.165) is 12.2 Å². The maximum Gasteiger partial charge on any atom is 0.146 e. The zero-order valence-electron chi connectivity index (χ0n) is 9.45. The van der Waals surface area contributed by atoms with Crippen molar-refractivity contribution >= 4 is 17.3 Å². The highest BCUT2D eigenvalue weighted by molar-refractivity contribution is 6.30. The van der Waals surface area contributed by atoms with Gasteiger partial charge in [0.2, 0.25) is 0 Å². The predicted molar refractivity (Wildman–Crippen MR) is 66.6 cm³/mol. The summed E-state index contributed by atoms with van der Waals surface area (Å²) in [5.74, 6) is -0.371. The maximum atomic E-state index is 13.6. The van der Waals surface area contributed by atoms with Crippen LogP contribution in [0.4, 0.5) is 10.1 Å². The lowest BCUT2D eigenvalue weighted by Gasteiger charge is -2.05. The summed E-state index contributed by atoms with van der Waals surface area (Å²) in [4.78, 5) is 0. The summed E-state index contributed by atoms with van der Waals surface area (Å²) in [6.45, 7) is 3.21. The fourth-order valence-electron chi connectivity index (χ4n) is 1.51. The smallest absolute Gasteiger partial charge is 0.146 e. The van der Waals surface area contributed by atoms with Gasteiger partial charge in [-0.15, -0.1) is 0 Å². The molecule has 0 fully saturated rings. The summed E-state index contributed by atoms with van der Waals surface area (Å²) in [5, 5.41) is 7.37. The molecule has 0 spiro atoms. The highest BCUT2D eigenvalue weighted by Crippen LogP contribution is 2.18. The lowest BCUT2D eigenvalue weighted by molar-refractivity contribution is 0.613. The Morgan fingerprint density at radius 1 is 1.47 bits per heavy atom. The molecule has 0 unspecified atom stereocenters. The second-order valence-corrected chi connectivity index (χ2v) is 4.06. The van der Waals surface area contributed by atoms with Gasteiger partial charge in [-0.05, 0) is 13.0 Å². The normalized spacial score (nSPS) is 10.5. The van der Waals surface area contributed by atoms with Gasteiger partial charge in [0.25, 0.3) is 0 Å². The van der Waals surface area contributed by atoms with Gasteiger partial charge < -0.3 is 5.32 Å². The van der Waals surface area contributed by atoms with E-state index >= 15 is 0 Å². The van der Waals surface area contributed by atoms with E-state index in [0.29, 0.717) is 12.1 Å². The standard InChI is InChI=1S/C12H13ClFN3/c1-2-17-8-10(7-16-17)15-6-9-4-3-5-11(13)12(9)14/h3-5,7-8,15H,2,6H2,1H3. The molecule has 1 heterocycles. The number of nitrogens with one attached hydrogen (secondary N) is 1. The summed E-state index contributed by atoms with van der Waals surface area (Å²) in [6.07, 6.45) is 3.59. The molecule has 0 aliphatic carbocycles. The van der Waals surface area contributed by atoms with Crippen LogP contribution in [0, 0.1) is 5.82 Å².